The molecule has 0 amide bonds. The first kappa shape index (κ1) is 54.3. The summed E-state index contributed by atoms with van der Waals surface area (Å²) in [7, 11) is 13.1. The van der Waals surface area contributed by atoms with E-state index in [-0.39, 0.29) is 0 Å². The third kappa shape index (κ3) is 25.1. The van der Waals surface area contributed by atoms with Crippen LogP contribution in [0.4, 0.5) is 0 Å². The summed E-state index contributed by atoms with van der Waals surface area (Å²) in [6.45, 7) is 35.3. The van der Waals surface area contributed by atoms with Crippen LogP contribution in [0.1, 0.15) is 99.3 Å². The maximum atomic E-state index is 2.92. The molecule has 0 aromatic heterocycles. The Morgan fingerprint density at radius 1 is 0.407 bits per heavy atom. The van der Waals surface area contributed by atoms with Gasteiger partial charge in [-0.2, -0.15) is 0 Å². The molecule has 3 heterocycles. The number of likely N-dealkylation sites (N-methyl/N-ethyl adjacent to an activating group) is 3. The summed E-state index contributed by atoms with van der Waals surface area (Å²) in [4.78, 5) is 12.4. The Labute approximate surface area is 365 Å². The number of hydrogen-bond acceptors (Lipinski definition) is 9. The SMILES string of the molecule is CCCN1CC[N](CC)[In]([CH2]CCCN(C)C)[CH2]1.CCCN1CC[N](CC)[In]([CH2]CCCN(C)C)[CH2]C1.CCC[N]1CC[N](CC)[In]1[CH2]CCCN(C)C. The quantitative estimate of drug-likeness (QED) is 0.106. The van der Waals surface area contributed by atoms with E-state index < -0.39 is 65.5 Å². The van der Waals surface area contributed by atoms with Crippen molar-refractivity contribution in [3.05, 3.63) is 0 Å². The number of unbranched alkanes of at least 4 members (excludes halogenated alkanes) is 3. The third-order valence-electron chi connectivity index (χ3n) is 12.1. The van der Waals surface area contributed by atoms with Gasteiger partial charge in [0.2, 0.25) is 0 Å². The molecule has 0 atom stereocenters. The van der Waals surface area contributed by atoms with E-state index in [1.165, 1.54) is 167 Å². The molecule has 0 aromatic carbocycles. The van der Waals surface area contributed by atoms with Crippen LogP contribution in [-0.4, -0.2) is 253 Å². The second-order valence-electron chi connectivity index (χ2n) is 17.5. The van der Waals surface area contributed by atoms with E-state index in [2.05, 4.69) is 120 Å². The second-order valence-corrected chi connectivity index (χ2v) is 43.7. The van der Waals surface area contributed by atoms with E-state index in [0.29, 0.717) is 0 Å². The molecule has 0 unspecified atom stereocenters. The molecule has 318 valence electrons. The van der Waals surface area contributed by atoms with Crippen molar-refractivity contribution in [1.29, 1.82) is 0 Å². The van der Waals surface area contributed by atoms with Crippen molar-refractivity contribution in [2.75, 3.05) is 151 Å². The van der Waals surface area contributed by atoms with Gasteiger partial charge >= 0.3 is 369 Å². The van der Waals surface area contributed by atoms with Crippen molar-refractivity contribution in [2.45, 2.75) is 116 Å². The van der Waals surface area contributed by atoms with Crippen molar-refractivity contribution >= 4 is 65.5 Å². The van der Waals surface area contributed by atoms with Gasteiger partial charge in [0, 0.05) is 0 Å². The number of hydrogen-bond donors (Lipinski definition) is 0. The van der Waals surface area contributed by atoms with E-state index >= 15 is 0 Å². The first-order valence-electron chi connectivity index (χ1n) is 23.4. The predicted octanol–water partition coefficient (Wildman–Crippen LogP) is 6.14. The normalized spacial score (nSPS) is 18.8. The summed E-state index contributed by atoms with van der Waals surface area (Å²) in [6.07, 6.45) is 12.6. The Balaban J connectivity index is 0.000000406. The minimum atomic E-state index is -1.49. The van der Waals surface area contributed by atoms with Gasteiger partial charge in [0.1, 0.15) is 0 Å². The van der Waals surface area contributed by atoms with Gasteiger partial charge in [-0.25, -0.2) is 0 Å². The molecule has 3 rings (SSSR count). The monoisotopic (exact) mass is 1070 g/mol. The fourth-order valence-corrected chi connectivity index (χ4v) is 39.2. The maximum absolute atomic E-state index is 2.92. The molecule has 0 aromatic rings. The summed E-state index contributed by atoms with van der Waals surface area (Å²) in [5, 5.41) is 0. The first-order chi connectivity index (χ1) is 26.0. The fourth-order valence-electron chi connectivity index (χ4n) is 8.97. The molecule has 9 nitrogen and oxygen atoms in total. The Bertz CT molecular complexity index is 843. The molecule has 0 radical (unpaired) electrons. The molecule has 0 aliphatic carbocycles. The second kappa shape index (κ2) is 34.9. The van der Waals surface area contributed by atoms with Crippen LogP contribution in [0.15, 0.2) is 0 Å². The van der Waals surface area contributed by atoms with Gasteiger partial charge in [0.25, 0.3) is 0 Å². The van der Waals surface area contributed by atoms with Crippen molar-refractivity contribution in [1.82, 2.24) is 36.0 Å². The fraction of sp³-hybridized carbons (Fsp3) is 1.00. The van der Waals surface area contributed by atoms with Crippen LogP contribution < -0.4 is 0 Å². The number of nitrogens with zero attached hydrogens (tertiary/aromatic N) is 9. The minimum absolute atomic E-state index is 1.26. The van der Waals surface area contributed by atoms with E-state index in [9.17, 15) is 0 Å². The van der Waals surface area contributed by atoms with Crippen LogP contribution in [0.2, 0.25) is 16.7 Å². The Hall–Kier alpha value is 2.25. The van der Waals surface area contributed by atoms with Crippen LogP contribution in [0.3, 0.4) is 0 Å². The molecular weight excluding hydrogens is 975 g/mol. The topological polar surface area (TPSA) is 29.2 Å². The van der Waals surface area contributed by atoms with Crippen LogP contribution >= 0.6 is 0 Å². The summed E-state index contributed by atoms with van der Waals surface area (Å²) >= 11 is -4.28. The molecule has 0 bridgehead atoms. The van der Waals surface area contributed by atoms with E-state index in [1.807, 2.05) is 0 Å². The van der Waals surface area contributed by atoms with Crippen molar-refractivity contribution in [2.24, 2.45) is 0 Å². The van der Waals surface area contributed by atoms with Gasteiger partial charge in [-0.1, -0.05) is 0 Å². The standard InChI is InChI=1S/C9H20N2.C8H18N2.C7H16N2.3C6H14N.3In/c1-4-8-11(6-3)9-7-10-5-2;1-4-7-10(3)8-6-9-5-2;1-3-5-9-7-6-8-4-2;3*1-4-5-6-7(2)3;;;/h3-9H2,1-2H3;3-8H2,1-2H3;3-7H2,1-2H3;3*1,4-6H2,2-3H3;;;/q2*-1;-2;;;;2*+1;+2. The van der Waals surface area contributed by atoms with Crippen molar-refractivity contribution in [3.63, 3.8) is 0 Å². The zero-order valence-corrected chi connectivity index (χ0v) is 48.9. The average molecular weight is 1070 g/mol. The van der Waals surface area contributed by atoms with Gasteiger partial charge in [0.15, 0.2) is 0 Å². The zero-order valence-electron chi connectivity index (χ0n) is 39.0. The van der Waals surface area contributed by atoms with Crippen LogP contribution in [0, 0.1) is 0 Å². The number of rotatable bonds is 24. The van der Waals surface area contributed by atoms with Gasteiger partial charge < -0.3 is 0 Å². The molecule has 0 N–H and O–H groups in total. The van der Waals surface area contributed by atoms with Gasteiger partial charge in [-0.3, -0.25) is 0 Å². The van der Waals surface area contributed by atoms with Gasteiger partial charge in [0.05, 0.1) is 0 Å². The molecular formula is C42H96In3N9. The molecule has 0 saturated carbocycles. The van der Waals surface area contributed by atoms with Crippen LogP contribution in [-0.2, 0) is 0 Å². The van der Waals surface area contributed by atoms with E-state index in [4.69, 9.17) is 0 Å². The summed E-state index contributed by atoms with van der Waals surface area (Å²) in [5.74, 6) is 0. The Morgan fingerprint density at radius 3 is 1.33 bits per heavy atom. The van der Waals surface area contributed by atoms with Crippen molar-refractivity contribution in [3.8, 4) is 0 Å². The first-order valence-corrected chi connectivity index (χ1v) is 40.9. The Kier molecular flexibility index (Phi) is 35.1. The molecule has 54 heavy (non-hydrogen) atoms. The zero-order chi connectivity index (χ0) is 40.1. The predicted molar refractivity (Wildman–Crippen MR) is 247 cm³/mol. The van der Waals surface area contributed by atoms with Crippen LogP contribution in [0.25, 0.3) is 0 Å². The average Bonchev–Trinajstić information content (AvgIpc) is 3.42. The van der Waals surface area contributed by atoms with Crippen molar-refractivity contribution < 1.29 is 0 Å². The van der Waals surface area contributed by atoms with Gasteiger partial charge in [-0.15, -0.1) is 0 Å². The van der Waals surface area contributed by atoms with Crippen LogP contribution in [0.5, 0.6) is 0 Å². The summed E-state index contributed by atoms with van der Waals surface area (Å²) in [6, 6.07) is 0. The van der Waals surface area contributed by atoms with Gasteiger partial charge in [-0.05, 0) is 0 Å². The molecule has 0 spiro atoms. The van der Waals surface area contributed by atoms with E-state index in [0.717, 1.165) is 0 Å². The third-order valence-corrected chi connectivity index (χ3v) is 43.7. The molecule has 3 aliphatic heterocycles. The molecule has 3 saturated heterocycles. The molecule has 3 aliphatic rings. The van der Waals surface area contributed by atoms with E-state index in [1.54, 1.807) is 16.7 Å². The molecule has 3 fully saturated rings. The summed E-state index contributed by atoms with van der Waals surface area (Å²) in [5.41, 5.74) is 0. The summed E-state index contributed by atoms with van der Waals surface area (Å²) < 4.78 is 19.4. The Morgan fingerprint density at radius 2 is 0.833 bits per heavy atom. The molecule has 12 heteroatoms.